The average molecular weight is 301 g/mol. The van der Waals surface area contributed by atoms with Crippen LogP contribution in [-0.4, -0.2) is 29.1 Å². The Bertz CT molecular complexity index is 539. The molecule has 1 aromatic heterocycles. The zero-order valence-electron chi connectivity index (χ0n) is 11.0. The molecule has 3 nitrogen and oxygen atoms in total. The standard InChI is InChI=1S/C14H18Cl2N2O/c1-19-10-3-2-9-18-13(7-8-15)17-12-6-4-5-11(16)14(12)18/h4-6H,2-3,7-10H2,1H3. The van der Waals surface area contributed by atoms with Gasteiger partial charge in [0.05, 0.1) is 16.1 Å². The summed E-state index contributed by atoms with van der Waals surface area (Å²) in [5, 5.41) is 0.748. The van der Waals surface area contributed by atoms with Crippen molar-refractivity contribution in [2.45, 2.75) is 25.8 Å². The van der Waals surface area contributed by atoms with Crippen LogP contribution in [0.3, 0.4) is 0 Å². The lowest BCUT2D eigenvalue weighted by Gasteiger charge is -2.09. The molecule has 0 unspecified atom stereocenters. The van der Waals surface area contributed by atoms with E-state index < -0.39 is 0 Å². The Balaban J connectivity index is 2.28. The van der Waals surface area contributed by atoms with Gasteiger partial charge in [-0.25, -0.2) is 4.98 Å². The molecule has 0 amide bonds. The van der Waals surface area contributed by atoms with Crippen molar-refractivity contribution >= 4 is 34.2 Å². The highest BCUT2D eigenvalue weighted by Gasteiger charge is 2.12. The Morgan fingerprint density at radius 3 is 2.89 bits per heavy atom. The number of rotatable bonds is 7. The normalized spacial score (nSPS) is 11.3. The number of hydrogen-bond acceptors (Lipinski definition) is 2. The molecular formula is C14H18Cl2N2O. The van der Waals surface area contributed by atoms with Crippen LogP contribution in [0.1, 0.15) is 18.7 Å². The number of fused-ring (bicyclic) bond motifs is 1. The zero-order chi connectivity index (χ0) is 13.7. The summed E-state index contributed by atoms with van der Waals surface area (Å²) in [6.45, 7) is 1.68. The van der Waals surface area contributed by atoms with E-state index >= 15 is 0 Å². The van der Waals surface area contributed by atoms with Gasteiger partial charge in [-0.05, 0) is 25.0 Å². The van der Waals surface area contributed by atoms with E-state index in [9.17, 15) is 0 Å². The molecule has 5 heteroatoms. The highest BCUT2D eigenvalue weighted by Crippen LogP contribution is 2.25. The largest absolute Gasteiger partial charge is 0.385 e. The van der Waals surface area contributed by atoms with Crippen LogP contribution >= 0.6 is 23.2 Å². The molecular weight excluding hydrogens is 283 g/mol. The number of aromatic nitrogens is 2. The Morgan fingerprint density at radius 2 is 2.16 bits per heavy atom. The number of methoxy groups -OCH3 is 1. The fourth-order valence-electron chi connectivity index (χ4n) is 2.22. The molecule has 0 saturated carbocycles. The zero-order valence-corrected chi connectivity index (χ0v) is 12.5. The predicted octanol–water partition coefficient (Wildman–Crippen LogP) is 3.90. The van der Waals surface area contributed by atoms with Crippen LogP contribution in [0.4, 0.5) is 0 Å². The second-order valence-corrected chi connectivity index (χ2v) is 5.21. The van der Waals surface area contributed by atoms with Gasteiger partial charge in [0.2, 0.25) is 0 Å². The van der Waals surface area contributed by atoms with Gasteiger partial charge in [-0.1, -0.05) is 17.7 Å². The van der Waals surface area contributed by atoms with Gasteiger partial charge in [-0.2, -0.15) is 0 Å². The molecule has 19 heavy (non-hydrogen) atoms. The van der Waals surface area contributed by atoms with Gasteiger partial charge < -0.3 is 9.30 Å². The Kier molecular flexibility index (Phi) is 5.49. The van der Waals surface area contributed by atoms with Crippen molar-refractivity contribution in [2.24, 2.45) is 0 Å². The number of unbranched alkanes of at least 4 members (excludes halogenated alkanes) is 1. The van der Waals surface area contributed by atoms with Crippen LogP contribution in [0.5, 0.6) is 0 Å². The Hall–Kier alpha value is -0.770. The van der Waals surface area contributed by atoms with Crippen LogP contribution in [0.25, 0.3) is 11.0 Å². The highest BCUT2D eigenvalue weighted by molar-refractivity contribution is 6.35. The van der Waals surface area contributed by atoms with E-state index in [1.54, 1.807) is 7.11 Å². The molecule has 0 N–H and O–H groups in total. The molecule has 0 saturated heterocycles. The summed E-state index contributed by atoms with van der Waals surface area (Å²) in [5.74, 6) is 1.58. The fourth-order valence-corrected chi connectivity index (χ4v) is 2.66. The van der Waals surface area contributed by atoms with E-state index in [2.05, 4.69) is 9.55 Å². The van der Waals surface area contributed by atoms with Crippen molar-refractivity contribution in [1.82, 2.24) is 9.55 Å². The van der Waals surface area contributed by atoms with Crippen molar-refractivity contribution in [1.29, 1.82) is 0 Å². The number of halogens is 2. The lowest BCUT2D eigenvalue weighted by Crippen LogP contribution is -2.06. The minimum atomic E-state index is 0.568. The number of imidazole rings is 1. The molecule has 0 bridgehead atoms. The number of alkyl halides is 1. The van der Waals surface area contributed by atoms with Gasteiger partial charge >= 0.3 is 0 Å². The Morgan fingerprint density at radius 1 is 1.32 bits per heavy atom. The molecule has 0 aliphatic heterocycles. The Labute approximate surface area is 123 Å². The molecule has 1 aromatic carbocycles. The van der Waals surface area contributed by atoms with Crippen molar-refractivity contribution < 1.29 is 4.74 Å². The summed E-state index contributed by atoms with van der Waals surface area (Å²) >= 11 is 12.2. The smallest absolute Gasteiger partial charge is 0.111 e. The number of hydrogen-bond donors (Lipinski definition) is 0. The van der Waals surface area contributed by atoms with E-state index in [4.69, 9.17) is 27.9 Å². The average Bonchev–Trinajstić information content (AvgIpc) is 2.74. The first-order chi connectivity index (χ1) is 9.27. The first-order valence-corrected chi connectivity index (χ1v) is 7.37. The van der Waals surface area contributed by atoms with Crippen LogP contribution in [-0.2, 0) is 17.7 Å². The molecule has 104 valence electrons. The maximum atomic E-state index is 6.30. The first-order valence-electron chi connectivity index (χ1n) is 6.46. The van der Waals surface area contributed by atoms with Gasteiger partial charge in [-0.3, -0.25) is 0 Å². The number of nitrogens with zero attached hydrogens (tertiary/aromatic N) is 2. The summed E-state index contributed by atoms with van der Waals surface area (Å²) in [4.78, 5) is 4.62. The maximum Gasteiger partial charge on any atom is 0.111 e. The van der Waals surface area contributed by atoms with Gasteiger partial charge in [-0.15, -0.1) is 11.6 Å². The lowest BCUT2D eigenvalue weighted by atomic mass is 10.3. The van der Waals surface area contributed by atoms with Gasteiger partial charge in [0.1, 0.15) is 5.82 Å². The van der Waals surface area contributed by atoms with E-state index in [0.29, 0.717) is 5.88 Å². The highest BCUT2D eigenvalue weighted by atomic mass is 35.5. The SMILES string of the molecule is COCCCCn1c(CCCl)nc2cccc(Cl)c21. The lowest BCUT2D eigenvalue weighted by molar-refractivity contribution is 0.191. The summed E-state index contributed by atoms with van der Waals surface area (Å²) in [6, 6.07) is 5.82. The number of ether oxygens (including phenoxy) is 1. The number of benzene rings is 1. The molecule has 2 aromatic rings. The predicted molar refractivity (Wildman–Crippen MR) is 80.3 cm³/mol. The second-order valence-electron chi connectivity index (χ2n) is 4.43. The van der Waals surface area contributed by atoms with Crippen molar-refractivity contribution in [3.8, 4) is 0 Å². The van der Waals surface area contributed by atoms with Crippen LogP contribution in [0, 0.1) is 0 Å². The molecule has 0 fully saturated rings. The topological polar surface area (TPSA) is 27.1 Å². The van der Waals surface area contributed by atoms with Crippen molar-refractivity contribution in [2.75, 3.05) is 19.6 Å². The quantitative estimate of drug-likeness (QED) is 0.573. The molecule has 2 rings (SSSR count). The maximum absolute atomic E-state index is 6.30. The molecule has 0 spiro atoms. The molecule has 0 radical (unpaired) electrons. The molecule has 0 atom stereocenters. The summed E-state index contributed by atoms with van der Waals surface area (Å²) in [7, 11) is 1.72. The summed E-state index contributed by atoms with van der Waals surface area (Å²) in [5.41, 5.74) is 1.96. The third-order valence-corrected chi connectivity index (χ3v) is 3.59. The van der Waals surface area contributed by atoms with Gasteiger partial charge in [0.25, 0.3) is 0 Å². The van der Waals surface area contributed by atoms with Crippen LogP contribution in [0.2, 0.25) is 5.02 Å². The van der Waals surface area contributed by atoms with Crippen molar-refractivity contribution in [3.05, 3.63) is 29.0 Å². The molecule has 1 heterocycles. The second kappa shape index (κ2) is 7.13. The van der Waals surface area contributed by atoms with E-state index in [1.807, 2.05) is 18.2 Å². The van der Waals surface area contributed by atoms with E-state index in [0.717, 1.165) is 54.3 Å². The minimum Gasteiger partial charge on any atom is -0.385 e. The number of aryl methyl sites for hydroxylation is 2. The first kappa shape index (κ1) is 14.6. The van der Waals surface area contributed by atoms with Gasteiger partial charge in [0, 0.05) is 32.6 Å². The van der Waals surface area contributed by atoms with Crippen LogP contribution < -0.4 is 0 Å². The third-order valence-electron chi connectivity index (χ3n) is 3.09. The molecule has 0 aliphatic carbocycles. The monoisotopic (exact) mass is 300 g/mol. The van der Waals surface area contributed by atoms with Crippen molar-refractivity contribution in [3.63, 3.8) is 0 Å². The fraction of sp³-hybridized carbons (Fsp3) is 0.500. The van der Waals surface area contributed by atoms with E-state index in [1.165, 1.54) is 0 Å². The minimum absolute atomic E-state index is 0.568. The van der Waals surface area contributed by atoms with E-state index in [-0.39, 0.29) is 0 Å². The van der Waals surface area contributed by atoms with Gasteiger partial charge in [0.15, 0.2) is 0 Å². The third kappa shape index (κ3) is 3.41. The summed E-state index contributed by atoms with van der Waals surface area (Å²) < 4.78 is 7.27. The van der Waals surface area contributed by atoms with Crippen LogP contribution in [0.15, 0.2) is 18.2 Å². The molecule has 0 aliphatic rings. The summed E-state index contributed by atoms with van der Waals surface area (Å²) in [6.07, 6.45) is 2.83. The number of para-hydroxylation sites is 1.